The lowest BCUT2D eigenvalue weighted by Crippen LogP contribution is -1.87. The Bertz CT molecular complexity index is 888. The van der Waals surface area contributed by atoms with Crippen LogP contribution in [0.1, 0.15) is 11.4 Å². The molecule has 0 atom stereocenters. The molecule has 0 fully saturated rings. The topological polar surface area (TPSA) is 52.1 Å². The number of aromatic nitrogens is 2. The molecule has 0 aliphatic carbocycles. The maximum Gasteiger partial charge on any atom is 0.175 e. The molecule has 4 heteroatoms. The summed E-state index contributed by atoms with van der Waals surface area (Å²) in [5, 5.41) is 8.36. The van der Waals surface area contributed by atoms with Gasteiger partial charge in [0.2, 0.25) is 0 Å². The van der Waals surface area contributed by atoms with Crippen molar-refractivity contribution in [2.45, 2.75) is 13.8 Å². The molecule has 4 rings (SSSR count). The minimum absolute atomic E-state index is 0.733. The van der Waals surface area contributed by atoms with Crippen molar-refractivity contribution < 1.29 is 9.05 Å². The van der Waals surface area contributed by atoms with E-state index in [4.69, 9.17) is 9.05 Å². The maximum absolute atomic E-state index is 5.63. The van der Waals surface area contributed by atoms with Gasteiger partial charge in [-0.25, -0.2) is 0 Å². The number of hydrogen-bond acceptors (Lipinski definition) is 4. The standard InChI is InChI=1S/C20H16N2O2/c1-13-17(19(23-21-13)15-9-5-3-6-10-15)18-14(2)22-24-20(18)16-11-7-4-8-12-16/h3-12H,1-2H3. The number of aryl methyl sites for hydroxylation is 2. The fraction of sp³-hybridized carbons (Fsp3) is 0.100. The van der Waals surface area contributed by atoms with Crippen LogP contribution in [-0.2, 0) is 0 Å². The second-order valence-electron chi connectivity index (χ2n) is 5.68. The molecule has 0 saturated carbocycles. The smallest absolute Gasteiger partial charge is 0.175 e. The summed E-state index contributed by atoms with van der Waals surface area (Å²) in [6.07, 6.45) is 0. The fourth-order valence-corrected chi connectivity index (χ4v) is 2.90. The van der Waals surface area contributed by atoms with Crippen molar-refractivity contribution in [1.29, 1.82) is 0 Å². The van der Waals surface area contributed by atoms with E-state index in [2.05, 4.69) is 10.3 Å². The highest BCUT2D eigenvalue weighted by molar-refractivity contribution is 5.89. The first-order valence-corrected chi connectivity index (χ1v) is 7.79. The van der Waals surface area contributed by atoms with Crippen LogP contribution in [0, 0.1) is 13.8 Å². The van der Waals surface area contributed by atoms with E-state index >= 15 is 0 Å². The Morgan fingerprint density at radius 3 is 1.33 bits per heavy atom. The molecule has 0 bridgehead atoms. The van der Waals surface area contributed by atoms with Gasteiger partial charge in [0.05, 0.1) is 22.5 Å². The van der Waals surface area contributed by atoms with Crippen LogP contribution in [0.2, 0.25) is 0 Å². The summed E-state index contributed by atoms with van der Waals surface area (Å²) in [4.78, 5) is 0. The summed E-state index contributed by atoms with van der Waals surface area (Å²) in [7, 11) is 0. The summed E-state index contributed by atoms with van der Waals surface area (Å²) < 4.78 is 11.3. The van der Waals surface area contributed by atoms with E-state index in [0.717, 1.165) is 45.2 Å². The quantitative estimate of drug-likeness (QED) is 0.516. The average Bonchev–Trinajstić information content (AvgIpc) is 3.19. The van der Waals surface area contributed by atoms with Crippen LogP contribution in [0.3, 0.4) is 0 Å². The molecule has 24 heavy (non-hydrogen) atoms. The summed E-state index contributed by atoms with van der Waals surface area (Å²) >= 11 is 0. The van der Waals surface area contributed by atoms with Crippen LogP contribution in [0.25, 0.3) is 33.8 Å². The molecule has 0 N–H and O–H groups in total. The highest BCUT2D eigenvalue weighted by Crippen LogP contribution is 2.41. The van der Waals surface area contributed by atoms with E-state index < -0.39 is 0 Å². The number of benzene rings is 2. The number of nitrogens with zero attached hydrogens (tertiary/aromatic N) is 2. The second kappa shape index (κ2) is 5.81. The van der Waals surface area contributed by atoms with Crippen LogP contribution in [0.4, 0.5) is 0 Å². The van der Waals surface area contributed by atoms with E-state index in [-0.39, 0.29) is 0 Å². The van der Waals surface area contributed by atoms with E-state index in [1.165, 1.54) is 0 Å². The first-order valence-electron chi connectivity index (χ1n) is 7.79. The van der Waals surface area contributed by atoms with Crippen LogP contribution in [0.5, 0.6) is 0 Å². The van der Waals surface area contributed by atoms with Crippen molar-refractivity contribution in [2.75, 3.05) is 0 Å². The lowest BCUT2D eigenvalue weighted by molar-refractivity contribution is 0.426. The van der Waals surface area contributed by atoms with Crippen LogP contribution in [0.15, 0.2) is 69.7 Å². The van der Waals surface area contributed by atoms with Gasteiger partial charge in [-0.2, -0.15) is 0 Å². The monoisotopic (exact) mass is 316 g/mol. The largest absolute Gasteiger partial charge is 0.355 e. The minimum atomic E-state index is 0.733. The van der Waals surface area contributed by atoms with E-state index in [1.807, 2.05) is 74.5 Å². The predicted octanol–water partition coefficient (Wildman–Crippen LogP) is 5.28. The van der Waals surface area contributed by atoms with Crippen molar-refractivity contribution in [3.05, 3.63) is 72.1 Å². The molecule has 118 valence electrons. The highest BCUT2D eigenvalue weighted by atomic mass is 16.5. The summed E-state index contributed by atoms with van der Waals surface area (Å²) in [5.41, 5.74) is 5.45. The molecule has 0 aliphatic rings. The molecule has 0 radical (unpaired) electrons. The Hall–Kier alpha value is -3.14. The van der Waals surface area contributed by atoms with Crippen molar-refractivity contribution in [1.82, 2.24) is 10.3 Å². The van der Waals surface area contributed by atoms with Gasteiger partial charge in [-0.3, -0.25) is 0 Å². The summed E-state index contributed by atoms with van der Waals surface area (Å²) in [6, 6.07) is 19.9. The zero-order chi connectivity index (χ0) is 16.5. The van der Waals surface area contributed by atoms with Gasteiger partial charge in [-0.1, -0.05) is 71.0 Å². The third-order valence-electron chi connectivity index (χ3n) is 4.05. The Kier molecular flexibility index (Phi) is 3.50. The first-order chi connectivity index (χ1) is 11.8. The Balaban J connectivity index is 1.96. The van der Waals surface area contributed by atoms with Crippen molar-refractivity contribution in [3.63, 3.8) is 0 Å². The maximum atomic E-state index is 5.63. The first kappa shape index (κ1) is 14.5. The SMILES string of the molecule is Cc1noc(-c2ccccc2)c1-c1c(C)noc1-c1ccccc1. The molecule has 2 aromatic carbocycles. The van der Waals surface area contributed by atoms with Crippen molar-refractivity contribution in [3.8, 4) is 33.8 Å². The van der Waals surface area contributed by atoms with Crippen LogP contribution < -0.4 is 0 Å². The van der Waals surface area contributed by atoms with Gasteiger partial charge in [-0.05, 0) is 13.8 Å². The Morgan fingerprint density at radius 2 is 0.958 bits per heavy atom. The number of rotatable bonds is 3. The van der Waals surface area contributed by atoms with Gasteiger partial charge < -0.3 is 9.05 Å². The third-order valence-corrected chi connectivity index (χ3v) is 4.05. The molecule has 2 aromatic heterocycles. The molecular formula is C20H16N2O2. The lowest BCUT2D eigenvalue weighted by Gasteiger charge is -2.04. The second-order valence-corrected chi connectivity index (χ2v) is 5.68. The van der Waals surface area contributed by atoms with Gasteiger partial charge in [0.1, 0.15) is 0 Å². The van der Waals surface area contributed by atoms with Crippen LogP contribution in [-0.4, -0.2) is 10.3 Å². The Labute approximate surface area is 139 Å². The minimum Gasteiger partial charge on any atom is -0.355 e. The molecule has 0 aliphatic heterocycles. The molecule has 2 heterocycles. The lowest BCUT2D eigenvalue weighted by atomic mass is 9.96. The molecule has 0 amide bonds. The zero-order valence-corrected chi connectivity index (χ0v) is 13.5. The van der Waals surface area contributed by atoms with E-state index in [9.17, 15) is 0 Å². The van der Waals surface area contributed by atoms with E-state index in [0.29, 0.717) is 0 Å². The Morgan fingerprint density at radius 1 is 0.583 bits per heavy atom. The molecule has 4 aromatic rings. The fourth-order valence-electron chi connectivity index (χ4n) is 2.90. The van der Waals surface area contributed by atoms with Gasteiger partial charge in [0, 0.05) is 11.1 Å². The summed E-state index contributed by atoms with van der Waals surface area (Å²) in [6.45, 7) is 3.87. The average molecular weight is 316 g/mol. The van der Waals surface area contributed by atoms with Crippen LogP contribution >= 0.6 is 0 Å². The summed E-state index contributed by atoms with van der Waals surface area (Å²) in [5.74, 6) is 1.47. The molecule has 0 spiro atoms. The van der Waals surface area contributed by atoms with Gasteiger partial charge in [-0.15, -0.1) is 0 Å². The normalized spacial score (nSPS) is 10.9. The number of hydrogen-bond donors (Lipinski definition) is 0. The predicted molar refractivity (Wildman–Crippen MR) is 92.3 cm³/mol. The van der Waals surface area contributed by atoms with Crippen molar-refractivity contribution >= 4 is 0 Å². The molecule has 0 saturated heterocycles. The van der Waals surface area contributed by atoms with Gasteiger partial charge >= 0.3 is 0 Å². The van der Waals surface area contributed by atoms with E-state index in [1.54, 1.807) is 0 Å². The third kappa shape index (κ3) is 2.33. The van der Waals surface area contributed by atoms with Crippen molar-refractivity contribution in [2.24, 2.45) is 0 Å². The van der Waals surface area contributed by atoms with Gasteiger partial charge in [0.25, 0.3) is 0 Å². The molecule has 0 unspecified atom stereocenters. The highest BCUT2D eigenvalue weighted by Gasteiger charge is 2.25. The zero-order valence-electron chi connectivity index (χ0n) is 13.5. The molecule has 4 nitrogen and oxygen atoms in total. The molecular weight excluding hydrogens is 300 g/mol. The van der Waals surface area contributed by atoms with Gasteiger partial charge in [0.15, 0.2) is 11.5 Å².